The fourth-order valence-electron chi connectivity index (χ4n) is 3.45. The van der Waals surface area contributed by atoms with E-state index in [1.807, 2.05) is 30.0 Å². The Kier molecular flexibility index (Phi) is 5.23. The van der Waals surface area contributed by atoms with Gasteiger partial charge in [-0.25, -0.2) is 4.79 Å². The Morgan fingerprint density at radius 1 is 1.04 bits per heavy atom. The number of likely N-dealkylation sites (tertiary alicyclic amines) is 1. The van der Waals surface area contributed by atoms with Gasteiger partial charge in [0.05, 0.1) is 5.56 Å². The van der Waals surface area contributed by atoms with Crippen LogP contribution in [0, 0.1) is 0 Å². The minimum atomic E-state index is -0.244. The lowest BCUT2D eigenvalue weighted by atomic mass is 10.1. The van der Waals surface area contributed by atoms with Crippen LogP contribution in [0.3, 0.4) is 0 Å². The highest BCUT2D eigenvalue weighted by molar-refractivity contribution is 6.02. The van der Waals surface area contributed by atoms with Gasteiger partial charge in [-0.05, 0) is 50.8 Å². The lowest BCUT2D eigenvalue weighted by Gasteiger charge is -2.24. The van der Waals surface area contributed by atoms with E-state index in [1.165, 1.54) is 0 Å². The average molecular weight is 330 g/mol. The molecule has 2 N–H and O–H groups in total. The smallest absolute Gasteiger partial charge is 0.319 e. The van der Waals surface area contributed by atoms with Gasteiger partial charge in [0.25, 0.3) is 5.91 Å². The number of amides is 3. The van der Waals surface area contributed by atoms with E-state index in [2.05, 4.69) is 15.5 Å². The summed E-state index contributed by atoms with van der Waals surface area (Å²) in [5.74, 6) is 0.0777. The van der Waals surface area contributed by atoms with Crippen LogP contribution in [0.4, 0.5) is 16.2 Å². The Balaban J connectivity index is 1.87. The lowest BCUT2D eigenvalue weighted by molar-refractivity contribution is 0.0793. The van der Waals surface area contributed by atoms with Gasteiger partial charge in [0.1, 0.15) is 0 Å². The maximum absolute atomic E-state index is 13.0. The van der Waals surface area contributed by atoms with Crippen molar-refractivity contribution in [1.82, 2.24) is 10.2 Å². The van der Waals surface area contributed by atoms with Crippen LogP contribution in [-0.2, 0) is 0 Å². The number of nitrogens with one attached hydrogen (secondary N) is 2. The lowest BCUT2D eigenvalue weighted by Crippen LogP contribution is -2.31. The molecule has 3 rings (SSSR count). The molecule has 1 aromatic carbocycles. The maximum Gasteiger partial charge on any atom is 0.319 e. The molecule has 0 spiro atoms. The number of nitrogens with zero attached hydrogens (tertiary/aromatic N) is 2. The third kappa shape index (κ3) is 3.63. The zero-order chi connectivity index (χ0) is 16.9. The summed E-state index contributed by atoms with van der Waals surface area (Å²) >= 11 is 0. The molecular formula is C18H26N4O2. The molecule has 2 saturated heterocycles. The van der Waals surface area contributed by atoms with Gasteiger partial charge in [-0.15, -0.1) is 0 Å². The molecule has 2 aliphatic rings. The molecule has 0 unspecified atom stereocenters. The minimum Gasteiger partial charge on any atom is -0.371 e. The zero-order valence-electron chi connectivity index (χ0n) is 14.3. The zero-order valence-corrected chi connectivity index (χ0v) is 14.3. The van der Waals surface area contributed by atoms with Crippen LogP contribution < -0.4 is 15.5 Å². The van der Waals surface area contributed by atoms with Gasteiger partial charge in [0.2, 0.25) is 0 Å². The van der Waals surface area contributed by atoms with Crippen molar-refractivity contribution < 1.29 is 9.59 Å². The van der Waals surface area contributed by atoms with Crippen molar-refractivity contribution in [1.29, 1.82) is 0 Å². The van der Waals surface area contributed by atoms with Crippen molar-refractivity contribution in [2.75, 3.05) is 42.9 Å². The summed E-state index contributed by atoms with van der Waals surface area (Å²) in [5, 5.41) is 5.52. The third-order valence-electron chi connectivity index (χ3n) is 4.66. The first kappa shape index (κ1) is 16.6. The number of benzene rings is 1. The Morgan fingerprint density at radius 3 is 2.38 bits per heavy atom. The van der Waals surface area contributed by atoms with Gasteiger partial charge in [0, 0.05) is 44.1 Å². The van der Waals surface area contributed by atoms with E-state index in [1.54, 1.807) is 0 Å². The Bertz CT molecular complexity index is 605. The summed E-state index contributed by atoms with van der Waals surface area (Å²) in [4.78, 5) is 28.9. The second kappa shape index (κ2) is 7.55. The standard InChI is InChI=1S/C18H26N4O2/c1-2-19-18(24)20-14-7-8-16(21-9-3-4-10-21)15(13-14)17(23)22-11-5-6-12-22/h7-8,13H,2-6,9-12H2,1H3,(H2,19,20,24). The Hall–Kier alpha value is -2.24. The summed E-state index contributed by atoms with van der Waals surface area (Å²) in [5.41, 5.74) is 2.35. The van der Waals surface area contributed by atoms with E-state index in [-0.39, 0.29) is 11.9 Å². The predicted molar refractivity (Wildman–Crippen MR) is 95.7 cm³/mol. The van der Waals surface area contributed by atoms with Gasteiger partial charge in [-0.1, -0.05) is 0 Å². The first-order valence-electron chi connectivity index (χ1n) is 8.92. The van der Waals surface area contributed by atoms with Crippen molar-refractivity contribution in [3.8, 4) is 0 Å². The summed E-state index contributed by atoms with van der Waals surface area (Å²) < 4.78 is 0. The summed E-state index contributed by atoms with van der Waals surface area (Å²) in [6, 6.07) is 5.43. The average Bonchev–Trinajstić information content (AvgIpc) is 3.28. The molecule has 2 heterocycles. The first-order chi connectivity index (χ1) is 11.7. The number of hydrogen-bond acceptors (Lipinski definition) is 3. The number of anilines is 2. The number of carbonyl (C=O) groups excluding carboxylic acids is 2. The summed E-state index contributed by atoms with van der Waals surface area (Å²) in [6.45, 7) is 6.07. The van der Waals surface area contributed by atoms with E-state index in [0.29, 0.717) is 17.8 Å². The highest BCUT2D eigenvalue weighted by atomic mass is 16.2. The van der Waals surface area contributed by atoms with Gasteiger partial charge >= 0.3 is 6.03 Å². The molecule has 0 saturated carbocycles. The third-order valence-corrected chi connectivity index (χ3v) is 4.66. The molecule has 0 radical (unpaired) electrons. The fraction of sp³-hybridized carbons (Fsp3) is 0.556. The van der Waals surface area contributed by atoms with Crippen molar-refractivity contribution >= 4 is 23.3 Å². The SMILES string of the molecule is CCNC(=O)Nc1ccc(N2CCCC2)c(C(=O)N2CCCC2)c1. The molecule has 24 heavy (non-hydrogen) atoms. The van der Waals surface area contributed by atoms with E-state index >= 15 is 0 Å². The van der Waals surface area contributed by atoms with Crippen LogP contribution in [0.5, 0.6) is 0 Å². The van der Waals surface area contributed by atoms with Crippen molar-refractivity contribution in [3.05, 3.63) is 23.8 Å². The molecule has 1 aromatic rings. The van der Waals surface area contributed by atoms with E-state index in [4.69, 9.17) is 0 Å². The van der Waals surface area contributed by atoms with E-state index in [9.17, 15) is 9.59 Å². The highest BCUT2D eigenvalue weighted by Crippen LogP contribution is 2.29. The normalized spacial score (nSPS) is 17.2. The number of carbonyl (C=O) groups is 2. The quantitative estimate of drug-likeness (QED) is 0.892. The van der Waals surface area contributed by atoms with Crippen LogP contribution >= 0.6 is 0 Å². The summed E-state index contributed by atoms with van der Waals surface area (Å²) in [6.07, 6.45) is 4.47. The van der Waals surface area contributed by atoms with Gasteiger partial charge in [0.15, 0.2) is 0 Å². The van der Waals surface area contributed by atoms with E-state index < -0.39 is 0 Å². The van der Waals surface area contributed by atoms with Crippen molar-refractivity contribution in [2.45, 2.75) is 32.6 Å². The molecule has 3 amide bonds. The second-order valence-corrected chi connectivity index (χ2v) is 6.41. The molecule has 0 atom stereocenters. The molecular weight excluding hydrogens is 304 g/mol. The number of hydrogen-bond donors (Lipinski definition) is 2. The van der Waals surface area contributed by atoms with Crippen LogP contribution in [0.25, 0.3) is 0 Å². The van der Waals surface area contributed by atoms with Gasteiger partial charge in [-0.3, -0.25) is 4.79 Å². The topological polar surface area (TPSA) is 64.7 Å². The van der Waals surface area contributed by atoms with Crippen LogP contribution in [0.1, 0.15) is 43.0 Å². The molecule has 2 fully saturated rings. The highest BCUT2D eigenvalue weighted by Gasteiger charge is 2.25. The van der Waals surface area contributed by atoms with Crippen LogP contribution in [0.15, 0.2) is 18.2 Å². The van der Waals surface area contributed by atoms with Crippen molar-refractivity contribution in [3.63, 3.8) is 0 Å². The van der Waals surface area contributed by atoms with Crippen LogP contribution in [-0.4, -0.2) is 49.6 Å². The molecule has 2 aliphatic heterocycles. The number of urea groups is 1. The fourth-order valence-corrected chi connectivity index (χ4v) is 3.45. The van der Waals surface area contributed by atoms with Crippen LogP contribution in [0.2, 0.25) is 0 Å². The molecule has 6 nitrogen and oxygen atoms in total. The monoisotopic (exact) mass is 330 g/mol. The predicted octanol–water partition coefficient (Wildman–Crippen LogP) is 2.66. The summed E-state index contributed by atoms with van der Waals surface area (Å²) in [7, 11) is 0. The number of rotatable bonds is 4. The first-order valence-corrected chi connectivity index (χ1v) is 8.92. The second-order valence-electron chi connectivity index (χ2n) is 6.41. The maximum atomic E-state index is 13.0. The molecule has 130 valence electrons. The largest absolute Gasteiger partial charge is 0.371 e. The van der Waals surface area contributed by atoms with Gasteiger partial charge < -0.3 is 20.4 Å². The molecule has 0 aliphatic carbocycles. The van der Waals surface area contributed by atoms with E-state index in [0.717, 1.165) is 57.5 Å². The Morgan fingerprint density at radius 2 is 1.71 bits per heavy atom. The molecule has 6 heteroatoms. The Labute approximate surface area is 143 Å². The van der Waals surface area contributed by atoms with Gasteiger partial charge in [-0.2, -0.15) is 0 Å². The molecule has 0 aromatic heterocycles. The minimum absolute atomic E-state index is 0.0777. The molecule has 0 bridgehead atoms. The van der Waals surface area contributed by atoms with Crippen molar-refractivity contribution in [2.24, 2.45) is 0 Å².